The molecule has 1 N–H and O–H groups in total. The van der Waals surface area contributed by atoms with Gasteiger partial charge in [-0.25, -0.2) is 8.42 Å². The van der Waals surface area contributed by atoms with Gasteiger partial charge in [-0.1, -0.05) is 53.5 Å². The summed E-state index contributed by atoms with van der Waals surface area (Å²) in [6.45, 7) is 2.06. The van der Waals surface area contributed by atoms with Gasteiger partial charge >= 0.3 is 0 Å². The molecule has 0 unspecified atom stereocenters. The maximum atomic E-state index is 12.8. The van der Waals surface area contributed by atoms with E-state index in [4.69, 9.17) is 23.2 Å². The minimum atomic E-state index is -3.59. The molecular formula is C26H26Cl2N2O3S. The average molecular weight is 517 g/mol. The van der Waals surface area contributed by atoms with Crippen LogP contribution in [0.5, 0.6) is 0 Å². The average Bonchev–Trinajstić information content (AvgIpc) is 3.24. The van der Waals surface area contributed by atoms with Crippen LogP contribution in [0.3, 0.4) is 0 Å². The molecule has 1 atom stereocenters. The second-order valence-electron chi connectivity index (χ2n) is 8.67. The van der Waals surface area contributed by atoms with E-state index in [1.165, 1.54) is 21.9 Å². The van der Waals surface area contributed by atoms with Gasteiger partial charge in [0.15, 0.2) is 0 Å². The minimum absolute atomic E-state index is 0.0862. The Morgan fingerprint density at radius 1 is 0.971 bits per heavy atom. The highest BCUT2D eigenvalue weighted by atomic mass is 35.5. The van der Waals surface area contributed by atoms with E-state index in [1.54, 1.807) is 42.5 Å². The van der Waals surface area contributed by atoms with E-state index in [-0.39, 0.29) is 18.5 Å². The maximum absolute atomic E-state index is 12.8. The first-order valence-electron chi connectivity index (χ1n) is 11.1. The normalized spacial score (nSPS) is 13.9. The Bertz CT molecular complexity index is 1300. The number of sulfonamides is 1. The van der Waals surface area contributed by atoms with Crippen LogP contribution in [0.4, 0.5) is 5.69 Å². The van der Waals surface area contributed by atoms with Crippen molar-refractivity contribution in [1.29, 1.82) is 0 Å². The number of nitrogens with zero attached hydrogens (tertiary/aromatic N) is 1. The van der Waals surface area contributed by atoms with Gasteiger partial charge in [-0.3, -0.25) is 9.10 Å². The third kappa shape index (κ3) is 5.74. The Hall–Kier alpha value is -2.54. The number of hydrogen-bond acceptors (Lipinski definition) is 3. The minimum Gasteiger partial charge on any atom is -0.346 e. The molecule has 1 amide bonds. The molecular weight excluding hydrogens is 491 g/mol. The van der Waals surface area contributed by atoms with Crippen LogP contribution < -0.4 is 9.62 Å². The van der Waals surface area contributed by atoms with Crippen molar-refractivity contribution < 1.29 is 13.2 Å². The predicted molar refractivity (Wildman–Crippen MR) is 138 cm³/mol. The van der Waals surface area contributed by atoms with Crippen molar-refractivity contribution in [1.82, 2.24) is 5.32 Å². The van der Waals surface area contributed by atoms with Crippen molar-refractivity contribution in [2.75, 3.05) is 10.6 Å². The highest BCUT2D eigenvalue weighted by Crippen LogP contribution is 2.29. The number of carbonyl (C=O) groups is 1. The van der Waals surface area contributed by atoms with E-state index in [0.29, 0.717) is 21.3 Å². The van der Waals surface area contributed by atoms with E-state index in [9.17, 15) is 13.2 Å². The molecule has 178 valence electrons. The molecule has 0 aliphatic heterocycles. The highest BCUT2D eigenvalue weighted by molar-refractivity contribution is 7.92. The summed E-state index contributed by atoms with van der Waals surface area (Å²) >= 11 is 12.1. The SMILES string of the molecule is C[C@H](NC(=O)c1ccc(CN(c2cc(Cl)cc(Cl)c2)S(C)(=O)=O)cc1)c1ccc2c(c1)CCC2. The molecule has 3 aromatic rings. The van der Waals surface area contributed by atoms with Gasteiger partial charge in [-0.05, 0) is 78.8 Å². The van der Waals surface area contributed by atoms with Gasteiger partial charge in [0.2, 0.25) is 10.0 Å². The van der Waals surface area contributed by atoms with Gasteiger partial charge in [-0.15, -0.1) is 0 Å². The molecule has 0 saturated heterocycles. The lowest BCUT2D eigenvalue weighted by Crippen LogP contribution is -2.29. The molecule has 4 rings (SSSR count). The Labute approximate surface area is 210 Å². The molecule has 0 saturated carbocycles. The molecule has 0 bridgehead atoms. The van der Waals surface area contributed by atoms with E-state index in [1.807, 2.05) is 6.92 Å². The fourth-order valence-electron chi connectivity index (χ4n) is 4.24. The number of rotatable bonds is 7. The van der Waals surface area contributed by atoms with Gasteiger partial charge in [0.25, 0.3) is 5.91 Å². The quantitative estimate of drug-likeness (QED) is 0.422. The number of fused-ring (bicyclic) bond motifs is 1. The van der Waals surface area contributed by atoms with Gasteiger partial charge in [0, 0.05) is 15.6 Å². The number of amides is 1. The Kier molecular flexibility index (Phi) is 7.22. The summed E-state index contributed by atoms with van der Waals surface area (Å²) in [5.74, 6) is -0.179. The van der Waals surface area contributed by atoms with Crippen LogP contribution in [0.2, 0.25) is 10.0 Å². The molecule has 0 radical (unpaired) electrons. The number of nitrogens with one attached hydrogen (secondary N) is 1. The summed E-state index contributed by atoms with van der Waals surface area (Å²) in [7, 11) is -3.59. The Balaban J connectivity index is 1.46. The lowest BCUT2D eigenvalue weighted by atomic mass is 10.0. The fraction of sp³-hybridized carbons (Fsp3) is 0.269. The smallest absolute Gasteiger partial charge is 0.251 e. The molecule has 0 spiro atoms. The number of anilines is 1. The molecule has 0 fully saturated rings. The summed E-state index contributed by atoms with van der Waals surface area (Å²) in [6, 6.07) is 17.9. The number of hydrogen-bond donors (Lipinski definition) is 1. The Morgan fingerprint density at radius 3 is 2.26 bits per heavy atom. The zero-order chi connectivity index (χ0) is 24.5. The fourth-order valence-corrected chi connectivity index (χ4v) is 5.62. The van der Waals surface area contributed by atoms with Crippen molar-refractivity contribution in [3.05, 3.63) is 98.5 Å². The molecule has 34 heavy (non-hydrogen) atoms. The molecule has 1 aliphatic carbocycles. The van der Waals surface area contributed by atoms with Crippen molar-refractivity contribution in [2.45, 2.75) is 38.8 Å². The largest absolute Gasteiger partial charge is 0.346 e. The molecule has 3 aromatic carbocycles. The maximum Gasteiger partial charge on any atom is 0.251 e. The molecule has 0 aromatic heterocycles. The summed E-state index contributed by atoms with van der Waals surface area (Å²) in [6.07, 6.45) is 4.54. The van der Waals surface area contributed by atoms with Crippen LogP contribution in [0.15, 0.2) is 60.7 Å². The van der Waals surface area contributed by atoms with E-state index in [2.05, 4.69) is 23.5 Å². The standard InChI is InChI=1S/C26H26Cl2N2O3S/c1-17(21-11-10-19-4-3-5-22(19)12-21)29-26(31)20-8-6-18(7-9-20)16-30(34(2,32)33)25-14-23(27)13-24(28)15-25/h6-15,17H,3-5,16H2,1-2H3,(H,29,31)/t17-/m0/s1. The van der Waals surface area contributed by atoms with Gasteiger partial charge in [0.1, 0.15) is 0 Å². The monoisotopic (exact) mass is 516 g/mol. The van der Waals surface area contributed by atoms with Crippen LogP contribution in [0.1, 0.15) is 52.0 Å². The lowest BCUT2D eigenvalue weighted by Gasteiger charge is -2.23. The first-order valence-corrected chi connectivity index (χ1v) is 13.7. The predicted octanol–water partition coefficient (Wildman–Crippen LogP) is 5.94. The van der Waals surface area contributed by atoms with Crippen LogP contribution in [-0.2, 0) is 29.4 Å². The van der Waals surface area contributed by atoms with E-state index >= 15 is 0 Å². The van der Waals surface area contributed by atoms with Crippen LogP contribution in [-0.4, -0.2) is 20.6 Å². The van der Waals surface area contributed by atoms with Gasteiger partial charge in [0.05, 0.1) is 24.5 Å². The van der Waals surface area contributed by atoms with Crippen molar-refractivity contribution in [3.63, 3.8) is 0 Å². The van der Waals surface area contributed by atoms with E-state index in [0.717, 1.165) is 30.2 Å². The zero-order valence-electron chi connectivity index (χ0n) is 19.0. The second kappa shape index (κ2) is 9.98. The second-order valence-corrected chi connectivity index (χ2v) is 11.5. The Morgan fingerprint density at radius 2 is 1.62 bits per heavy atom. The lowest BCUT2D eigenvalue weighted by molar-refractivity contribution is 0.0940. The van der Waals surface area contributed by atoms with Crippen LogP contribution in [0.25, 0.3) is 0 Å². The van der Waals surface area contributed by atoms with Gasteiger partial charge < -0.3 is 5.32 Å². The number of carbonyl (C=O) groups excluding carboxylic acids is 1. The van der Waals surface area contributed by atoms with Crippen LogP contribution in [0, 0.1) is 0 Å². The summed E-state index contributed by atoms with van der Waals surface area (Å²) in [4.78, 5) is 12.8. The molecule has 0 heterocycles. The van der Waals surface area contributed by atoms with Gasteiger partial charge in [-0.2, -0.15) is 0 Å². The summed E-state index contributed by atoms with van der Waals surface area (Å²) < 4.78 is 26.1. The summed E-state index contributed by atoms with van der Waals surface area (Å²) in [5, 5.41) is 3.75. The third-order valence-electron chi connectivity index (χ3n) is 6.05. The van der Waals surface area contributed by atoms with Crippen molar-refractivity contribution in [3.8, 4) is 0 Å². The van der Waals surface area contributed by atoms with Crippen LogP contribution >= 0.6 is 23.2 Å². The topological polar surface area (TPSA) is 66.5 Å². The van der Waals surface area contributed by atoms with Crippen molar-refractivity contribution in [2.24, 2.45) is 0 Å². The van der Waals surface area contributed by atoms with Crippen molar-refractivity contribution >= 4 is 44.8 Å². The van der Waals surface area contributed by atoms with E-state index < -0.39 is 10.0 Å². The summed E-state index contributed by atoms with van der Waals surface area (Å²) in [5.41, 5.74) is 5.48. The zero-order valence-corrected chi connectivity index (χ0v) is 21.3. The number of benzene rings is 3. The molecule has 8 heteroatoms. The number of aryl methyl sites for hydroxylation is 2. The number of halogens is 2. The highest BCUT2D eigenvalue weighted by Gasteiger charge is 2.20. The third-order valence-corrected chi connectivity index (χ3v) is 7.63. The molecule has 1 aliphatic rings. The molecule has 5 nitrogen and oxygen atoms in total. The first-order chi connectivity index (χ1) is 16.1. The first kappa shape index (κ1) is 24.6.